The van der Waals surface area contributed by atoms with Gasteiger partial charge in [-0.1, -0.05) is 5.57 Å². The first kappa shape index (κ1) is 21.2. The van der Waals surface area contributed by atoms with E-state index >= 15 is 0 Å². The lowest BCUT2D eigenvalue weighted by atomic mass is 9.84. The molecular weight excluding hydrogens is 376 g/mol. The van der Waals surface area contributed by atoms with Crippen molar-refractivity contribution in [3.05, 3.63) is 29.5 Å². The van der Waals surface area contributed by atoms with E-state index < -0.39 is 0 Å². The zero-order valence-electron chi connectivity index (χ0n) is 18.5. The number of carbonyl (C=O) groups excluding carboxylic acids is 1. The van der Waals surface area contributed by atoms with E-state index in [1.807, 2.05) is 20.0 Å². The molecule has 0 bridgehead atoms. The third kappa shape index (κ3) is 5.34. The summed E-state index contributed by atoms with van der Waals surface area (Å²) >= 11 is 0. The van der Waals surface area contributed by atoms with Crippen LogP contribution in [0.2, 0.25) is 0 Å². The summed E-state index contributed by atoms with van der Waals surface area (Å²) in [4.78, 5) is 21.5. The molecule has 0 atom stereocenters. The van der Waals surface area contributed by atoms with Crippen molar-refractivity contribution in [2.24, 2.45) is 5.92 Å². The fraction of sp³-hybridized carbons (Fsp3) is 0.667. The number of anilines is 1. The van der Waals surface area contributed by atoms with Crippen LogP contribution in [0.1, 0.15) is 51.5 Å². The average molecular weight is 413 g/mol. The Balaban J connectivity index is 1.16. The summed E-state index contributed by atoms with van der Waals surface area (Å²) in [5.74, 6) is 2.92. The highest BCUT2D eigenvalue weighted by atomic mass is 16.5. The maximum Gasteiger partial charge on any atom is 0.244 e. The number of nitrogens with zero attached hydrogens (tertiary/aromatic N) is 3. The number of hydrogen-bond donors (Lipinski definition) is 1. The van der Waals surface area contributed by atoms with Crippen LogP contribution < -0.4 is 15.0 Å². The number of aromatic nitrogens is 1. The Labute approximate surface area is 180 Å². The van der Waals surface area contributed by atoms with Gasteiger partial charge in [0.1, 0.15) is 0 Å². The predicted molar refractivity (Wildman–Crippen MR) is 120 cm³/mol. The van der Waals surface area contributed by atoms with E-state index in [0.29, 0.717) is 6.04 Å². The summed E-state index contributed by atoms with van der Waals surface area (Å²) < 4.78 is 5.84. The molecule has 0 radical (unpaired) electrons. The van der Waals surface area contributed by atoms with E-state index in [1.54, 1.807) is 6.08 Å². The maximum absolute atomic E-state index is 11.9. The van der Waals surface area contributed by atoms with Crippen molar-refractivity contribution in [2.45, 2.75) is 58.4 Å². The molecule has 30 heavy (non-hydrogen) atoms. The van der Waals surface area contributed by atoms with Crippen LogP contribution in [-0.2, 0) is 11.2 Å². The monoisotopic (exact) mass is 412 g/mol. The largest absolute Gasteiger partial charge is 0.489 e. The predicted octanol–water partition coefficient (Wildman–Crippen LogP) is 3.17. The molecule has 1 aliphatic carbocycles. The molecule has 2 aliphatic heterocycles. The Morgan fingerprint density at radius 3 is 2.70 bits per heavy atom. The van der Waals surface area contributed by atoms with Crippen LogP contribution in [0.15, 0.2) is 23.9 Å². The van der Waals surface area contributed by atoms with Crippen molar-refractivity contribution < 1.29 is 9.53 Å². The van der Waals surface area contributed by atoms with Crippen molar-refractivity contribution in [2.75, 3.05) is 44.2 Å². The van der Waals surface area contributed by atoms with Crippen molar-refractivity contribution in [3.63, 3.8) is 0 Å². The van der Waals surface area contributed by atoms with Gasteiger partial charge in [0, 0.05) is 56.5 Å². The first-order chi connectivity index (χ1) is 14.6. The smallest absolute Gasteiger partial charge is 0.244 e. The van der Waals surface area contributed by atoms with Gasteiger partial charge in [0.15, 0.2) is 11.6 Å². The van der Waals surface area contributed by atoms with Gasteiger partial charge in [-0.05, 0) is 64.5 Å². The zero-order chi connectivity index (χ0) is 20.9. The highest BCUT2D eigenvalue weighted by molar-refractivity contribution is 5.88. The van der Waals surface area contributed by atoms with Gasteiger partial charge in [0.2, 0.25) is 5.91 Å². The van der Waals surface area contributed by atoms with E-state index in [2.05, 4.69) is 26.2 Å². The van der Waals surface area contributed by atoms with Crippen LogP contribution in [0, 0.1) is 5.92 Å². The first-order valence-corrected chi connectivity index (χ1v) is 11.6. The molecule has 1 saturated carbocycles. The molecule has 1 N–H and O–H groups in total. The first-order valence-electron chi connectivity index (χ1n) is 11.6. The van der Waals surface area contributed by atoms with Crippen LogP contribution in [0.3, 0.4) is 0 Å². The Kier molecular flexibility index (Phi) is 6.93. The highest BCUT2D eigenvalue weighted by Crippen LogP contribution is 2.34. The Bertz CT molecular complexity index is 758. The SMILES string of the molecule is CC(C)=CC(=O)NC1CCC(CCN2CCN(c3nccc4c3OCC4)CC2)CC1. The van der Waals surface area contributed by atoms with Crippen molar-refractivity contribution in [3.8, 4) is 5.75 Å². The molecular formula is C24H36N4O2. The van der Waals surface area contributed by atoms with Crippen molar-refractivity contribution >= 4 is 11.7 Å². The molecule has 1 aromatic rings. The average Bonchev–Trinajstić information content (AvgIpc) is 3.22. The van der Waals surface area contributed by atoms with Gasteiger partial charge in [-0.3, -0.25) is 9.69 Å². The Morgan fingerprint density at radius 1 is 1.20 bits per heavy atom. The van der Waals surface area contributed by atoms with E-state index in [0.717, 1.165) is 75.1 Å². The van der Waals surface area contributed by atoms with E-state index in [-0.39, 0.29) is 5.91 Å². The molecule has 1 saturated heterocycles. The van der Waals surface area contributed by atoms with Gasteiger partial charge < -0.3 is 15.0 Å². The maximum atomic E-state index is 11.9. The molecule has 0 unspecified atom stereocenters. The summed E-state index contributed by atoms with van der Waals surface area (Å²) in [6.07, 6.45) is 10.6. The van der Waals surface area contributed by atoms with Gasteiger partial charge in [-0.2, -0.15) is 0 Å². The standard InChI is InChI=1S/C24H36N4O2/c1-18(2)17-22(29)26-21-5-3-19(4-6-21)8-11-27-12-14-28(15-13-27)24-23-20(7-10-25-24)9-16-30-23/h7,10,17,19,21H,3-6,8-9,11-16H2,1-2H3,(H,26,29). The number of piperazine rings is 1. The molecule has 3 heterocycles. The van der Waals surface area contributed by atoms with E-state index in [9.17, 15) is 4.79 Å². The third-order valence-electron chi connectivity index (χ3n) is 6.72. The van der Waals surface area contributed by atoms with Crippen LogP contribution in [0.5, 0.6) is 5.75 Å². The molecule has 6 heteroatoms. The number of ether oxygens (including phenoxy) is 1. The van der Waals surface area contributed by atoms with Crippen LogP contribution in [-0.4, -0.2) is 61.2 Å². The lowest BCUT2D eigenvalue weighted by molar-refractivity contribution is -0.117. The van der Waals surface area contributed by atoms with Gasteiger partial charge >= 0.3 is 0 Å². The fourth-order valence-corrected chi connectivity index (χ4v) is 4.97. The van der Waals surface area contributed by atoms with E-state index in [4.69, 9.17) is 4.74 Å². The number of pyridine rings is 1. The number of carbonyl (C=O) groups is 1. The molecule has 6 nitrogen and oxygen atoms in total. The van der Waals surface area contributed by atoms with Crippen LogP contribution in [0.4, 0.5) is 5.82 Å². The van der Waals surface area contributed by atoms with Crippen LogP contribution in [0.25, 0.3) is 0 Å². The number of rotatable bonds is 6. The summed E-state index contributed by atoms with van der Waals surface area (Å²) in [6.45, 7) is 10.1. The lowest BCUT2D eigenvalue weighted by Crippen LogP contribution is -2.47. The molecule has 1 aromatic heterocycles. The summed E-state index contributed by atoms with van der Waals surface area (Å²) in [5, 5.41) is 3.17. The van der Waals surface area contributed by atoms with Gasteiger partial charge in [0.05, 0.1) is 6.61 Å². The lowest BCUT2D eigenvalue weighted by Gasteiger charge is -2.37. The second kappa shape index (κ2) is 9.82. The summed E-state index contributed by atoms with van der Waals surface area (Å²) in [7, 11) is 0. The second-order valence-corrected chi connectivity index (χ2v) is 9.29. The topological polar surface area (TPSA) is 57.7 Å². The molecule has 4 rings (SSSR count). The Hall–Kier alpha value is -2.08. The number of nitrogens with one attached hydrogen (secondary N) is 1. The van der Waals surface area contributed by atoms with Crippen LogP contribution >= 0.6 is 0 Å². The quantitative estimate of drug-likeness (QED) is 0.728. The zero-order valence-corrected chi connectivity index (χ0v) is 18.5. The highest BCUT2D eigenvalue weighted by Gasteiger charge is 2.26. The number of amides is 1. The van der Waals surface area contributed by atoms with Crippen molar-refractivity contribution in [1.29, 1.82) is 0 Å². The number of allylic oxidation sites excluding steroid dienone is 1. The molecule has 0 aromatic carbocycles. The summed E-state index contributed by atoms with van der Waals surface area (Å²) in [5.41, 5.74) is 2.36. The normalized spacial score (nSPS) is 24.1. The Morgan fingerprint density at radius 2 is 1.97 bits per heavy atom. The minimum absolute atomic E-state index is 0.0697. The fourth-order valence-electron chi connectivity index (χ4n) is 4.97. The minimum Gasteiger partial charge on any atom is -0.489 e. The van der Waals surface area contributed by atoms with Gasteiger partial charge in [-0.15, -0.1) is 0 Å². The molecule has 164 valence electrons. The molecule has 3 aliphatic rings. The van der Waals surface area contributed by atoms with Crippen molar-refractivity contribution in [1.82, 2.24) is 15.2 Å². The van der Waals surface area contributed by atoms with Gasteiger partial charge in [-0.25, -0.2) is 4.98 Å². The molecule has 2 fully saturated rings. The molecule has 1 amide bonds. The summed E-state index contributed by atoms with van der Waals surface area (Å²) in [6, 6.07) is 2.44. The number of hydrogen-bond acceptors (Lipinski definition) is 5. The minimum atomic E-state index is 0.0697. The van der Waals surface area contributed by atoms with E-state index in [1.165, 1.54) is 31.4 Å². The molecule has 0 spiro atoms. The third-order valence-corrected chi connectivity index (χ3v) is 6.72. The second-order valence-electron chi connectivity index (χ2n) is 9.29. The number of fused-ring (bicyclic) bond motifs is 1. The van der Waals surface area contributed by atoms with Gasteiger partial charge in [0.25, 0.3) is 0 Å².